The molecule has 222 valence electrons. The van der Waals surface area contributed by atoms with Gasteiger partial charge in [-0.1, -0.05) is 18.2 Å². The van der Waals surface area contributed by atoms with Gasteiger partial charge in [0, 0.05) is 38.8 Å². The van der Waals surface area contributed by atoms with Gasteiger partial charge in [0.05, 0.1) is 44.2 Å². The van der Waals surface area contributed by atoms with Crippen molar-refractivity contribution in [2.24, 2.45) is 0 Å². The van der Waals surface area contributed by atoms with Crippen molar-refractivity contribution < 1.29 is 24.1 Å². The number of rotatable bonds is 13. The average Bonchev–Trinajstić information content (AvgIpc) is 3.49. The highest BCUT2D eigenvalue weighted by Gasteiger charge is 2.36. The van der Waals surface area contributed by atoms with Gasteiger partial charge in [-0.2, -0.15) is 5.10 Å². The fourth-order valence-electron chi connectivity index (χ4n) is 6.00. The molecule has 0 amide bonds. The van der Waals surface area contributed by atoms with E-state index < -0.39 is 5.60 Å². The van der Waals surface area contributed by atoms with Gasteiger partial charge >= 0.3 is 0 Å². The minimum absolute atomic E-state index is 0.0232. The highest BCUT2D eigenvalue weighted by Crippen LogP contribution is 2.36. The van der Waals surface area contributed by atoms with Crippen LogP contribution in [0.5, 0.6) is 11.5 Å². The molecule has 1 unspecified atom stereocenters. The van der Waals surface area contributed by atoms with Crippen LogP contribution < -0.4 is 19.7 Å². The molecule has 1 aromatic heterocycles. The number of nitrogens with zero attached hydrogens (tertiary/aromatic N) is 4. The van der Waals surface area contributed by atoms with Crippen LogP contribution in [-0.4, -0.2) is 84.7 Å². The Bertz CT molecular complexity index is 1220. The smallest absolute Gasteiger partial charge is 0.142 e. The summed E-state index contributed by atoms with van der Waals surface area (Å²) in [6.07, 6.45) is 5.51. The number of hydrogen-bond acceptors (Lipinski definition) is 9. The van der Waals surface area contributed by atoms with Crippen LogP contribution >= 0.6 is 0 Å². The molecule has 0 spiro atoms. The third kappa shape index (κ3) is 7.77. The molecule has 41 heavy (non-hydrogen) atoms. The van der Waals surface area contributed by atoms with E-state index in [-0.39, 0.29) is 18.1 Å². The largest absolute Gasteiger partial charge is 0.497 e. The number of anilines is 1. The molecular formula is C31H43N5O5. The molecule has 0 aliphatic carbocycles. The molecule has 3 heterocycles. The summed E-state index contributed by atoms with van der Waals surface area (Å²) in [6.45, 7) is 6.69. The molecule has 3 aromatic rings. The van der Waals surface area contributed by atoms with Gasteiger partial charge in [-0.25, -0.2) is 4.98 Å². The first-order valence-corrected chi connectivity index (χ1v) is 14.5. The van der Waals surface area contributed by atoms with E-state index >= 15 is 0 Å². The van der Waals surface area contributed by atoms with Crippen LogP contribution in [0.3, 0.4) is 0 Å². The van der Waals surface area contributed by atoms with Crippen LogP contribution in [0.25, 0.3) is 0 Å². The third-order valence-corrected chi connectivity index (χ3v) is 8.02. The van der Waals surface area contributed by atoms with E-state index in [1.165, 1.54) is 11.9 Å². The second kappa shape index (κ2) is 13.7. The Balaban J connectivity index is 1.27. The second-order valence-corrected chi connectivity index (χ2v) is 11.3. The van der Waals surface area contributed by atoms with Crippen LogP contribution in [-0.2, 0) is 22.6 Å². The van der Waals surface area contributed by atoms with Crippen molar-refractivity contribution in [3.63, 3.8) is 0 Å². The second-order valence-electron chi connectivity index (χ2n) is 11.3. The minimum atomic E-state index is -0.927. The van der Waals surface area contributed by atoms with E-state index in [1.807, 2.05) is 19.1 Å². The van der Waals surface area contributed by atoms with Crippen molar-refractivity contribution in [1.29, 1.82) is 0 Å². The number of piperidine rings is 1. The van der Waals surface area contributed by atoms with Crippen molar-refractivity contribution in [3.05, 3.63) is 66.2 Å². The highest BCUT2D eigenvalue weighted by molar-refractivity contribution is 5.61. The fraction of sp³-hybridized carbons (Fsp3) is 0.548. The Labute approximate surface area is 242 Å². The standard InChI is InChI=1S/C31H43N5O5/c1-31(37,20-36-22-32-21-34-36)17-25-16-27(24-6-8-26(39-3)9-7-24)30(18-33-25)41-19-23-5-10-29-28(15-23)35(12-14-40-29)11-4-13-38-2/h5-10,15,21-22,25,27,30,33,37H,4,11-14,16-20H2,1-3H3/t25-,27-,30+,31?/m1/s1. The molecule has 0 radical (unpaired) electrons. The first-order chi connectivity index (χ1) is 19.9. The number of aliphatic hydroxyl groups is 1. The first kappa shape index (κ1) is 29.3. The number of ether oxygens (including phenoxy) is 4. The van der Waals surface area contributed by atoms with Crippen molar-refractivity contribution in [2.75, 3.05) is 52.0 Å². The summed E-state index contributed by atoms with van der Waals surface area (Å²) in [5.74, 6) is 1.92. The van der Waals surface area contributed by atoms with Crippen LogP contribution in [0.2, 0.25) is 0 Å². The summed E-state index contributed by atoms with van der Waals surface area (Å²) >= 11 is 0. The molecule has 1 fully saturated rings. The van der Waals surface area contributed by atoms with Gasteiger partial charge in [-0.3, -0.25) is 4.68 Å². The molecule has 10 heteroatoms. The van der Waals surface area contributed by atoms with E-state index in [0.717, 1.165) is 55.3 Å². The van der Waals surface area contributed by atoms with Crippen molar-refractivity contribution in [2.45, 2.75) is 63.0 Å². The Morgan fingerprint density at radius 2 is 2.02 bits per heavy atom. The SMILES string of the molecule is COCCCN1CCOc2ccc(CO[C@H]3CN[C@@H](CC(C)(O)Cn4cncn4)C[C@@H]3c3ccc(OC)cc3)cc21. The monoisotopic (exact) mass is 565 g/mol. The molecule has 2 N–H and O–H groups in total. The molecule has 0 bridgehead atoms. The zero-order valence-corrected chi connectivity index (χ0v) is 24.4. The van der Waals surface area contributed by atoms with Gasteiger partial charge in [0.2, 0.25) is 0 Å². The summed E-state index contributed by atoms with van der Waals surface area (Å²) in [5.41, 5.74) is 2.53. The van der Waals surface area contributed by atoms with Gasteiger partial charge in [0.25, 0.3) is 0 Å². The number of nitrogens with one attached hydrogen (secondary N) is 1. The molecule has 0 saturated carbocycles. The van der Waals surface area contributed by atoms with Gasteiger partial charge in [-0.05, 0) is 61.6 Å². The summed E-state index contributed by atoms with van der Waals surface area (Å²) in [6, 6.07) is 14.8. The van der Waals surface area contributed by atoms with Crippen LogP contribution in [0, 0.1) is 0 Å². The molecular weight excluding hydrogens is 522 g/mol. The zero-order valence-electron chi connectivity index (χ0n) is 24.4. The number of fused-ring (bicyclic) bond motifs is 1. The van der Waals surface area contributed by atoms with E-state index in [4.69, 9.17) is 18.9 Å². The predicted molar refractivity (Wildman–Crippen MR) is 157 cm³/mol. The van der Waals surface area contributed by atoms with Gasteiger partial charge < -0.3 is 34.3 Å². The van der Waals surface area contributed by atoms with E-state index in [2.05, 4.69) is 50.6 Å². The maximum atomic E-state index is 11.2. The predicted octanol–water partition coefficient (Wildman–Crippen LogP) is 3.39. The van der Waals surface area contributed by atoms with Crippen molar-refractivity contribution in [3.8, 4) is 11.5 Å². The normalized spacial score (nSPS) is 22.0. The average molecular weight is 566 g/mol. The Morgan fingerprint density at radius 3 is 2.78 bits per heavy atom. The fourth-order valence-corrected chi connectivity index (χ4v) is 6.00. The van der Waals surface area contributed by atoms with E-state index in [0.29, 0.717) is 32.7 Å². The van der Waals surface area contributed by atoms with E-state index in [1.54, 1.807) is 25.2 Å². The summed E-state index contributed by atoms with van der Waals surface area (Å²) in [7, 11) is 3.42. The van der Waals surface area contributed by atoms with Crippen LogP contribution in [0.1, 0.15) is 43.2 Å². The van der Waals surface area contributed by atoms with Gasteiger partial charge in [0.15, 0.2) is 0 Å². The molecule has 1 saturated heterocycles. The third-order valence-electron chi connectivity index (χ3n) is 8.02. The number of hydrogen-bond donors (Lipinski definition) is 2. The maximum Gasteiger partial charge on any atom is 0.142 e. The molecule has 2 aromatic carbocycles. The van der Waals surface area contributed by atoms with Gasteiger partial charge in [-0.15, -0.1) is 0 Å². The Hall–Kier alpha value is -3.18. The maximum absolute atomic E-state index is 11.2. The summed E-state index contributed by atoms with van der Waals surface area (Å²) in [5, 5.41) is 19.0. The lowest BCUT2D eigenvalue weighted by Crippen LogP contribution is -2.50. The number of aromatic nitrogens is 3. The van der Waals surface area contributed by atoms with E-state index in [9.17, 15) is 5.11 Å². The lowest BCUT2D eigenvalue weighted by Gasteiger charge is -2.40. The first-order valence-electron chi connectivity index (χ1n) is 14.5. The quantitative estimate of drug-likeness (QED) is 0.302. The molecule has 5 rings (SSSR count). The van der Waals surface area contributed by atoms with Crippen molar-refractivity contribution in [1.82, 2.24) is 20.1 Å². The van der Waals surface area contributed by atoms with Crippen LogP contribution in [0.4, 0.5) is 5.69 Å². The van der Waals surface area contributed by atoms with Crippen LogP contribution in [0.15, 0.2) is 55.1 Å². The lowest BCUT2D eigenvalue weighted by molar-refractivity contribution is -0.0180. The number of methoxy groups -OCH3 is 2. The molecule has 2 aliphatic heterocycles. The number of benzene rings is 2. The highest BCUT2D eigenvalue weighted by atomic mass is 16.5. The lowest BCUT2D eigenvalue weighted by atomic mass is 9.81. The zero-order chi connectivity index (χ0) is 28.7. The molecule has 2 aliphatic rings. The van der Waals surface area contributed by atoms with Crippen molar-refractivity contribution >= 4 is 5.69 Å². The molecule has 4 atom stereocenters. The Morgan fingerprint density at radius 1 is 1.17 bits per heavy atom. The topological polar surface area (TPSA) is 103 Å². The molecule has 10 nitrogen and oxygen atoms in total. The Kier molecular flexibility index (Phi) is 9.76. The summed E-state index contributed by atoms with van der Waals surface area (Å²) in [4.78, 5) is 6.38. The summed E-state index contributed by atoms with van der Waals surface area (Å²) < 4.78 is 24.9. The van der Waals surface area contributed by atoms with Gasteiger partial charge in [0.1, 0.15) is 30.8 Å². The minimum Gasteiger partial charge on any atom is -0.497 e.